The van der Waals surface area contributed by atoms with E-state index in [1.54, 1.807) is 24.3 Å². The van der Waals surface area contributed by atoms with Crippen molar-refractivity contribution in [3.05, 3.63) is 40.9 Å². The van der Waals surface area contributed by atoms with E-state index in [-0.39, 0.29) is 11.9 Å². The Balaban J connectivity index is 2.47. The molecule has 6 heteroatoms. The first kappa shape index (κ1) is 10.5. The van der Waals surface area contributed by atoms with Gasteiger partial charge in [0, 0.05) is 5.39 Å². The first-order chi connectivity index (χ1) is 8.66. The van der Waals surface area contributed by atoms with Gasteiger partial charge in [-0.25, -0.2) is 4.79 Å². The van der Waals surface area contributed by atoms with Gasteiger partial charge in [-0.15, -0.1) is 0 Å². The fourth-order valence-electron chi connectivity index (χ4n) is 1.97. The van der Waals surface area contributed by atoms with Crippen molar-refractivity contribution in [2.24, 2.45) is 0 Å². The van der Waals surface area contributed by atoms with Crippen LogP contribution in [0.5, 0.6) is 0 Å². The van der Waals surface area contributed by atoms with Crippen molar-refractivity contribution >= 4 is 27.8 Å². The van der Waals surface area contributed by atoms with Gasteiger partial charge in [0.25, 0.3) is 0 Å². The first-order valence-electron chi connectivity index (χ1n) is 5.26. The summed E-state index contributed by atoms with van der Waals surface area (Å²) in [5.41, 5.74) is 0.395. The zero-order valence-corrected chi connectivity index (χ0v) is 9.16. The maximum Gasteiger partial charge on any atom is 0.347 e. The van der Waals surface area contributed by atoms with Gasteiger partial charge >= 0.3 is 11.6 Å². The monoisotopic (exact) mass is 244 g/mol. The lowest BCUT2D eigenvalue weighted by molar-refractivity contribution is -0.137. The molecule has 1 N–H and O–H groups in total. The van der Waals surface area contributed by atoms with Gasteiger partial charge in [-0.05, 0) is 12.1 Å². The average molecular weight is 244 g/mol. The van der Waals surface area contributed by atoms with Crippen LogP contribution in [0.3, 0.4) is 0 Å². The molecule has 90 valence electrons. The maximum atomic E-state index is 11.7. The molecule has 0 aliphatic carbocycles. The molecule has 0 saturated carbocycles. The summed E-state index contributed by atoms with van der Waals surface area (Å²) in [6.45, 7) is -0.295. The lowest BCUT2D eigenvalue weighted by atomic mass is 10.2. The largest absolute Gasteiger partial charge is 0.480 e. The van der Waals surface area contributed by atoms with E-state index in [0.717, 1.165) is 0 Å². The zero-order valence-electron chi connectivity index (χ0n) is 9.16. The van der Waals surface area contributed by atoms with Gasteiger partial charge in [0.05, 0.1) is 11.7 Å². The van der Waals surface area contributed by atoms with E-state index in [4.69, 9.17) is 9.52 Å². The van der Waals surface area contributed by atoms with Gasteiger partial charge in [0.15, 0.2) is 0 Å². The second-order valence-electron chi connectivity index (χ2n) is 3.84. The summed E-state index contributed by atoms with van der Waals surface area (Å²) in [6, 6.07) is 6.96. The molecule has 2 aromatic heterocycles. The van der Waals surface area contributed by atoms with Crippen molar-refractivity contribution in [3.8, 4) is 0 Å². The average Bonchev–Trinajstić information content (AvgIpc) is 2.73. The summed E-state index contributed by atoms with van der Waals surface area (Å²) in [5.74, 6) is -1.02. The van der Waals surface area contributed by atoms with E-state index < -0.39 is 11.6 Å². The van der Waals surface area contributed by atoms with E-state index >= 15 is 0 Å². The van der Waals surface area contributed by atoms with E-state index in [2.05, 4.69) is 5.10 Å². The van der Waals surface area contributed by atoms with Crippen LogP contribution in [-0.4, -0.2) is 20.9 Å². The number of fused-ring (bicyclic) bond motifs is 3. The molecule has 0 bridgehead atoms. The van der Waals surface area contributed by atoms with Crippen molar-refractivity contribution in [1.29, 1.82) is 0 Å². The summed E-state index contributed by atoms with van der Waals surface area (Å²) < 4.78 is 6.43. The van der Waals surface area contributed by atoms with Crippen molar-refractivity contribution in [2.75, 3.05) is 0 Å². The van der Waals surface area contributed by atoms with E-state index in [9.17, 15) is 9.59 Å². The Morgan fingerprint density at radius 2 is 2.11 bits per heavy atom. The molecule has 6 nitrogen and oxygen atoms in total. The molecule has 0 radical (unpaired) electrons. The topological polar surface area (TPSA) is 85.3 Å². The SMILES string of the molecule is O=C(O)Cn1ncc2c(=O)oc3ccccc3c21. The fraction of sp³-hybridized carbons (Fsp3) is 0.0833. The highest BCUT2D eigenvalue weighted by Crippen LogP contribution is 2.22. The molecule has 0 saturated heterocycles. The molecule has 3 aromatic rings. The van der Waals surface area contributed by atoms with Crippen molar-refractivity contribution < 1.29 is 14.3 Å². The van der Waals surface area contributed by atoms with Crippen molar-refractivity contribution in [2.45, 2.75) is 6.54 Å². The van der Waals surface area contributed by atoms with Crippen molar-refractivity contribution in [1.82, 2.24) is 9.78 Å². The minimum atomic E-state index is -1.02. The Bertz CT molecular complexity index is 816. The summed E-state index contributed by atoms with van der Waals surface area (Å²) >= 11 is 0. The number of carboxylic acid groups (broad SMARTS) is 1. The number of aliphatic carboxylic acids is 1. The minimum Gasteiger partial charge on any atom is -0.480 e. The van der Waals surface area contributed by atoms with Gasteiger partial charge in [-0.3, -0.25) is 9.48 Å². The lowest BCUT2D eigenvalue weighted by Crippen LogP contribution is -2.10. The van der Waals surface area contributed by atoms with E-state index in [0.29, 0.717) is 16.5 Å². The Kier molecular flexibility index (Phi) is 2.16. The molecule has 0 atom stereocenters. The van der Waals surface area contributed by atoms with Crippen LogP contribution in [-0.2, 0) is 11.3 Å². The third-order valence-electron chi connectivity index (χ3n) is 2.69. The molecule has 0 aliphatic rings. The number of carboxylic acids is 1. The highest BCUT2D eigenvalue weighted by Gasteiger charge is 2.13. The molecule has 3 rings (SSSR count). The number of hydrogen-bond donors (Lipinski definition) is 1. The van der Waals surface area contributed by atoms with Crippen LogP contribution < -0.4 is 5.63 Å². The molecular weight excluding hydrogens is 236 g/mol. The number of aromatic nitrogens is 2. The maximum absolute atomic E-state index is 11.7. The normalized spacial score (nSPS) is 11.1. The third kappa shape index (κ3) is 1.46. The number of para-hydroxylation sites is 1. The van der Waals surface area contributed by atoms with Gasteiger partial charge in [0.2, 0.25) is 0 Å². The molecule has 0 aliphatic heterocycles. The molecule has 0 unspecified atom stereocenters. The van der Waals surface area contributed by atoms with Gasteiger partial charge in [-0.1, -0.05) is 12.1 Å². The highest BCUT2D eigenvalue weighted by molar-refractivity contribution is 6.02. The summed E-state index contributed by atoms with van der Waals surface area (Å²) in [7, 11) is 0. The minimum absolute atomic E-state index is 0.287. The zero-order chi connectivity index (χ0) is 12.7. The van der Waals surface area contributed by atoms with Crippen LogP contribution in [0.25, 0.3) is 21.9 Å². The number of rotatable bonds is 2. The molecule has 0 spiro atoms. The smallest absolute Gasteiger partial charge is 0.347 e. The Morgan fingerprint density at radius 1 is 1.33 bits per heavy atom. The van der Waals surface area contributed by atoms with E-state index in [1.807, 2.05) is 0 Å². The van der Waals surface area contributed by atoms with Crippen LogP contribution in [0, 0.1) is 0 Å². The molecule has 0 amide bonds. The molecule has 1 aromatic carbocycles. The van der Waals surface area contributed by atoms with E-state index in [1.165, 1.54) is 10.9 Å². The van der Waals surface area contributed by atoms with Crippen LogP contribution in [0.2, 0.25) is 0 Å². The molecule has 0 fully saturated rings. The summed E-state index contributed by atoms with van der Waals surface area (Å²) in [4.78, 5) is 22.5. The van der Waals surface area contributed by atoms with Crippen molar-refractivity contribution in [3.63, 3.8) is 0 Å². The predicted molar refractivity (Wildman–Crippen MR) is 63.4 cm³/mol. The standard InChI is InChI=1S/C12H8N2O4/c15-10(16)6-14-11-7-3-1-2-4-9(7)18-12(17)8(11)5-13-14/h1-5H,6H2,(H,15,16). The first-order valence-corrected chi connectivity index (χ1v) is 5.26. The van der Waals surface area contributed by atoms with Crippen LogP contribution in [0.1, 0.15) is 0 Å². The van der Waals surface area contributed by atoms with Crippen LogP contribution >= 0.6 is 0 Å². The third-order valence-corrected chi connectivity index (χ3v) is 2.69. The molecular formula is C12H8N2O4. The fourth-order valence-corrected chi connectivity index (χ4v) is 1.97. The second-order valence-corrected chi connectivity index (χ2v) is 3.84. The number of carbonyl (C=O) groups is 1. The van der Waals surface area contributed by atoms with Crippen LogP contribution in [0.15, 0.2) is 39.7 Å². The number of nitrogens with zero attached hydrogens (tertiary/aromatic N) is 2. The summed E-state index contributed by atoms with van der Waals surface area (Å²) in [5, 5.41) is 13.7. The molecule has 2 heterocycles. The van der Waals surface area contributed by atoms with Gasteiger partial charge in [0.1, 0.15) is 17.5 Å². The highest BCUT2D eigenvalue weighted by atomic mass is 16.4. The second kappa shape index (κ2) is 3.69. The lowest BCUT2D eigenvalue weighted by Gasteiger charge is -2.02. The van der Waals surface area contributed by atoms with Gasteiger partial charge in [-0.2, -0.15) is 5.10 Å². The Hall–Kier alpha value is -2.63. The predicted octanol–water partition coefficient (Wildman–Crippen LogP) is 1.23. The number of benzene rings is 1. The Labute approximate surface area is 100 Å². The molecule has 18 heavy (non-hydrogen) atoms. The number of hydrogen-bond acceptors (Lipinski definition) is 4. The summed E-state index contributed by atoms with van der Waals surface area (Å²) in [6.07, 6.45) is 1.33. The Morgan fingerprint density at radius 3 is 2.89 bits per heavy atom. The van der Waals surface area contributed by atoms with Gasteiger partial charge < -0.3 is 9.52 Å². The van der Waals surface area contributed by atoms with Crippen LogP contribution in [0.4, 0.5) is 0 Å². The quantitative estimate of drug-likeness (QED) is 0.685.